The second-order valence-electron chi connectivity index (χ2n) is 9.37. The number of hydrogen-bond acceptors (Lipinski definition) is 3. The highest BCUT2D eigenvalue weighted by molar-refractivity contribution is 6.30. The molecule has 0 atom stereocenters. The van der Waals surface area contributed by atoms with Gasteiger partial charge in [-0.3, -0.25) is 0 Å². The summed E-state index contributed by atoms with van der Waals surface area (Å²) in [5.41, 5.74) is 2.33. The first-order valence-corrected chi connectivity index (χ1v) is 12.2. The Labute approximate surface area is 186 Å². The molecular formula is C26H35ClN2O. The third-order valence-corrected chi connectivity index (χ3v) is 7.79. The van der Waals surface area contributed by atoms with Crippen LogP contribution < -0.4 is 0 Å². The molecule has 2 aromatic rings. The van der Waals surface area contributed by atoms with E-state index in [0.717, 1.165) is 40.8 Å². The van der Waals surface area contributed by atoms with Gasteiger partial charge >= 0.3 is 0 Å². The van der Waals surface area contributed by atoms with Gasteiger partial charge < -0.3 is 4.74 Å². The van der Waals surface area contributed by atoms with Crippen molar-refractivity contribution in [3.63, 3.8) is 0 Å². The van der Waals surface area contributed by atoms with Gasteiger partial charge in [0.05, 0.1) is 0 Å². The molecule has 3 nitrogen and oxygen atoms in total. The van der Waals surface area contributed by atoms with Gasteiger partial charge in [0, 0.05) is 36.7 Å². The summed E-state index contributed by atoms with van der Waals surface area (Å²) < 4.78 is 5.22. The molecule has 0 aliphatic heterocycles. The topological polar surface area (TPSA) is 35.0 Å². The maximum absolute atomic E-state index is 5.98. The molecule has 0 radical (unpaired) electrons. The molecule has 0 saturated heterocycles. The molecule has 0 N–H and O–H groups in total. The maximum Gasteiger partial charge on any atom is 0.159 e. The van der Waals surface area contributed by atoms with Gasteiger partial charge in [-0.25, -0.2) is 9.97 Å². The molecule has 1 heterocycles. The number of halogens is 1. The molecule has 0 amide bonds. The molecule has 162 valence electrons. The van der Waals surface area contributed by atoms with Crippen molar-refractivity contribution in [2.24, 2.45) is 17.8 Å². The number of aromatic nitrogens is 2. The predicted molar refractivity (Wildman–Crippen MR) is 124 cm³/mol. The number of rotatable bonds is 7. The average Bonchev–Trinajstić information content (AvgIpc) is 2.81. The average molecular weight is 427 g/mol. The molecule has 0 spiro atoms. The highest BCUT2D eigenvalue weighted by atomic mass is 35.5. The third kappa shape index (κ3) is 5.62. The first-order chi connectivity index (χ1) is 14.7. The van der Waals surface area contributed by atoms with Crippen LogP contribution in [-0.2, 0) is 4.74 Å². The highest BCUT2D eigenvalue weighted by Gasteiger charge is 2.31. The normalized spacial score (nSPS) is 27.1. The van der Waals surface area contributed by atoms with Crippen LogP contribution in [0.2, 0.25) is 5.02 Å². The van der Waals surface area contributed by atoms with E-state index in [9.17, 15) is 0 Å². The van der Waals surface area contributed by atoms with Gasteiger partial charge in [0.1, 0.15) is 0 Å². The van der Waals surface area contributed by atoms with Gasteiger partial charge in [-0.05, 0) is 105 Å². The standard InChI is InChI=1S/C26H35ClN2O/c1-30-16-2-3-19-4-6-20(7-5-19)21-8-10-22(11-9-21)24-17-28-26(29-18-24)23-12-14-25(27)15-13-23/h12-15,17-22H,2-11,16H2,1H3/t19-,20-,21?,22?. The zero-order valence-corrected chi connectivity index (χ0v) is 19.0. The van der Waals surface area contributed by atoms with Gasteiger partial charge in [0.25, 0.3) is 0 Å². The Balaban J connectivity index is 1.24. The molecule has 2 aliphatic rings. The summed E-state index contributed by atoms with van der Waals surface area (Å²) in [6.07, 6.45) is 17.8. The van der Waals surface area contributed by atoms with Crippen LogP contribution in [0.4, 0.5) is 0 Å². The summed E-state index contributed by atoms with van der Waals surface area (Å²) in [7, 11) is 1.81. The van der Waals surface area contributed by atoms with E-state index in [-0.39, 0.29) is 0 Å². The quantitative estimate of drug-likeness (QED) is 0.435. The fraction of sp³-hybridized carbons (Fsp3) is 0.615. The lowest BCUT2D eigenvalue weighted by Crippen LogP contribution is -2.25. The van der Waals surface area contributed by atoms with E-state index in [1.54, 1.807) is 0 Å². The van der Waals surface area contributed by atoms with Crippen molar-refractivity contribution in [2.45, 2.75) is 70.1 Å². The SMILES string of the molecule is COCCC[C@H]1CC[C@H](C2CCC(c3cnc(-c4ccc(Cl)cc4)nc3)CC2)CC1. The Bertz CT molecular complexity index is 761. The van der Waals surface area contributed by atoms with Gasteiger partial charge in [-0.1, -0.05) is 24.4 Å². The van der Waals surface area contributed by atoms with Crippen LogP contribution in [0.3, 0.4) is 0 Å². The van der Waals surface area contributed by atoms with Gasteiger partial charge in [-0.15, -0.1) is 0 Å². The van der Waals surface area contributed by atoms with Crippen molar-refractivity contribution >= 4 is 11.6 Å². The van der Waals surface area contributed by atoms with Crippen molar-refractivity contribution in [2.75, 3.05) is 13.7 Å². The Kier molecular flexibility index (Phi) is 7.78. The second kappa shape index (κ2) is 10.7. The van der Waals surface area contributed by atoms with Crippen molar-refractivity contribution in [1.82, 2.24) is 9.97 Å². The zero-order chi connectivity index (χ0) is 20.8. The Morgan fingerprint density at radius 2 is 1.47 bits per heavy atom. The first kappa shape index (κ1) is 21.8. The van der Waals surface area contributed by atoms with E-state index >= 15 is 0 Å². The molecule has 0 unspecified atom stereocenters. The van der Waals surface area contributed by atoms with Crippen LogP contribution in [-0.4, -0.2) is 23.7 Å². The van der Waals surface area contributed by atoms with Crippen LogP contribution in [0.1, 0.15) is 75.7 Å². The number of hydrogen-bond donors (Lipinski definition) is 0. The smallest absolute Gasteiger partial charge is 0.159 e. The fourth-order valence-electron chi connectivity index (χ4n) is 5.69. The molecule has 1 aromatic carbocycles. The summed E-state index contributed by atoms with van der Waals surface area (Å²) in [5.74, 6) is 4.27. The van der Waals surface area contributed by atoms with Crippen LogP contribution in [0.25, 0.3) is 11.4 Å². The molecule has 30 heavy (non-hydrogen) atoms. The molecule has 4 rings (SSSR count). The Morgan fingerprint density at radius 3 is 2.07 bits per heavy atom. The number of ether oxygens (including phenoxy) is 1. The molecule has 4 heteroatoms. The molecule has 0 bridgehead atoms. The zero-order valence-electron chi connectivity index (χ0n) is 18.2. The minimum absolute atomic E-state index is 0.630. The Hall–Kier alpha value is -1.45. The minimum Gasteiger partial charge on any atom is -0.385 e. The van der Waals surface area contributed by atoms with E-state index in [1.807, 2.05) is 43.8 Å². The van der Waals surface area contributed by atoms with Crippen molar-refractivity contribution in [3.05, 3.63) is 47.2 Å². The lowest BCUT2D eigenvalue weighted by Gasteiger charge is -2.38. The minimum atomic E-state index is 0.630. The van der Waals surface area contributed by atoms with Gasteiger partial charge in [0.2, 0.25) is 0 Å². The van der Waals surface area contributed by atoms with Crippen LogP contribution in [0.5, 0.6) is 0 Å². The number of methoxy groups -OCH3 is 1. The fourth-order valence-corrected chi connectivity index (χ4v) is 5.81. The first-order valence-electron chi connectivity index (χ1n) is 11.8. The van der Waals surface area contributed by atoms with E-state index in [1.165, 1.54) is 69.8 Å². The molecular weight excluding hydrogens is 392 g/mol. The molecule has 2 aliphatic carbocycles. The summed E-state index contributed by atoms with van der Waals surface area (Å²) in [6.45, 7) is 0.925. The highest BCUT2D eigenvalue weighted by Crippen LogP contribution is 2.44. The van der Waals surface area contributed by atoms with Crippen molar-refractivity contribution < 1.29 is 4.74 Å². The van der Waals surface area contributed by atoms with Gasteiger partial charge in [0.15, 0.2) is 5.82 Å². The largest absolute Gasteiger partial charge is 0.385 e. The maximum atomic E-state index is 5.98. The van der Waals surface area contributed by atoms with Crippen LogP contribution in [0, 0.1) is 17.8 Å². The van der Waals surface area contributed by atoms with E-state index in [2.05, 4.69) is 9.97 Å². The third-order valence-electron chi connectivity index (χ3n) is 7.54. The van der Waals surface area contributed by atoms with E-state index < -0.39 is 0 Å². The second-order valence-corrected chi connectivity index (χ2v) is 9.81. The summed E-state index contributed by atoms with van der Waals surface area (Å²) in [4.78, 5) is 9.28. The van der Waals surface area contributed by atoms with E-state index in [0.29, 0.717) is 5.92 Å². The lowest BCUT2D eigenvalue weighted by atomic mass is 9.68. The summed E-state index contributed by atoms with van der Waals surface area (Å²) in [6, 6.07) is 7.74. The van der Waals surface area contributed by atoms with Crippen LogP contribution >= 0.6 is 11.6 Å². The monoisotopic (exact) mass is 426 g/mol. The van der Waals surface area contributed by atoms with Crippen LogP contribution in [0.15, 0.2) is 36.7 Å². The summed E-state index contributed by atoms with van der Waals surface area (Å²) >= 11 is 5.98. The molecule has 2 saturated carbocycles. The number of benzene rings is 1. The van der Waals surface area contributed by atoms with Gasteiger partial charge in [-0.2, -0.15) is 0 Å². The lowest BCUT2D eigenvalue weighted by molar-refractivity contribution is 0.144. The van der Waals surface area contributed by atoms with Crippen molar-refractivity contribution in [3.8, 4) is 11.4 Å². The number of nitrogens with zero attached hydrogens (tertiary/aromatic N) is 2. The van der Waals surface area contributed by atoms with E-state index in [4.69, 9.17) is 16.3 Å². The van der Waals surface area contributed by atoms with Crippen molar-refractivity contribution in [1.29, 1.82) is 0 Å². The summed E-state index contributed by atoms with van der Waals surface area (Å²) in [5, 5.41) is 0.742. The Morgan fingerprint density at radius 1 is 0.867 bits per heavy atom. The predicted octanol–water partition coefficient (Wildman–Crippen LogP) is 7.30. The molecule has 1 aromatic heterocycles. The molecule has 2 fully saturated rings.